The molecule has 15 heavy (non-hydrogen) atoms. The zero-order chi connectivity index (χ0) is 10.8. The van der Waals surface area contributed by atoms with Crippen LogP contribution in [0.1, 0.15) is 0 Å². The van der Waals surface area contributed by atoms with Crippen molar-refractivity contribution in [3.63, 3.8) is 0 Å². The van der Waals surface area contributed by atoms with Crippen molar-refractivity contribution in [1.29, 1.82) is 0 Å². The standard InChI is InChI=1S/C9H5Br2ClN2S/c10-7-4-15-9(14-7)13-6-3-1-2-5(12)8(6)11/h1-4H,(H,13,14). The maximum absolute atomic E-state index is 5.97. The van der Waals surface area contributed by atoms with E-state index in [9.17, 15) is 0 Å². The molecule has 0 aliphatic rings. The second-order valence-corrected chi connectivity index (χ2v) is 5.57. The molecule has 1 heterocycles. The Morgan fingerprint density at radius 3 is 2.80 bits per heavy atom. The van der Waals surface area contributed by atoms with E-state index < -0.39 is 0 Å². The molecule has 0 fully saturated rings. The summed E-state index contributed by atoms with van der Waals surface area (Å²) >= 11 is 14.2. The van der Waals surface area contributed by atoms with E-state index in [1.54, 1.807) is 0 Å². The van der Waals surface area contributed by atoms with Gasteiger partial charge in [0.1, 0.15) is 4.60 Å². The Kier molecular flexibility index (Phi) is 3.66. The Hall–Kier alpha value is -0.100. The Morgan fingerprint density at radius 1 is 1.33 bits per heavy atom. The molecule has 1 N–H and O–H groups in total. The van der Waals surface area contributed by atoms with Gasteiger partial charge in [-0.25, -0.2) is 4.98 Å². The first-order valence-corrected chi connectivity index (χ1v) is 6.83. The number of thiazole rings is 1. The molecular formula is C9H5Br2ClN2S. The van der Waals surface area contributed by atoms with Crippen LogP contribution in [-0.2, 0) is 0 Å². The number of nitrogens with one attached hydrogen (secondary N) is 1. The summed E-state index contributed by atoms with van der Waals surface area (Å²) in [4.78, 5) is 4.24. The van der Waals surface area contributed by atoms with E-state index in [1.807, 2.05) is 23.6 Å². The lowest BCUT2D eigenvalue weighted by Gasteiger charge is -2.05. The largest absolute Gasteiger partial charge is 0.331 e. The molecule has 1 aromatic carbocycles. The minimum absolute atomic E-state index is 0.677. The van der Waals surface area contributed by atoms with Crippen molar-refractivity contribution in [2.45, 2.75) is 0 Å². The van der Waals surface area contributed by atoms with E-state index in [4.69, 9.17) is 11.6 Å². The third-order valence-corrected chi connectivity index (χ3v) is 4.53. The van der Waals surface area contributed by atoms with E-state index in [-0.39, 0.29) is 0 Å². The van der Waals surface area contributed by atoms with Gasteiger partial charge in [-0.1, -0.05) is 17.7 Å². The first kappa shape index (κ1) is 11.4. The van der Waals surface area contributed by atoms with Crippen LogP contribution in [0.25, 0.3) is 0 Å². The fourth-order valence-electron chi connectivity index (χ4n) is 1.03. The molecule has 6 heteroatoms. The maximum Gasteiger partial charge on any atom is 0.188 e. The highest BCUT2D eigenvalue weighted by Gasteiger charge is 2.05. The predicted molar refractivity (Wildman–Crippen MR) is 72.2 cm³/mol. The van der Waals surface area contributed by atoms with E-state index in [1.165, 1.54) is 11.3 Å². The molecule has 0 saturated carbocycles. The van der Waals surface area contributed by atoms with Crippen LogP contribution in [0, 0.1) is 0 Å². The number of hydrogen-bond acceptors (Lipinski definition) is 3. The smallest absolute Gasteiger partial charge is 0.188 e. The van der Waals surface area contributed by atoms with Gasteiger partial charge < -0.3 is 5.32 Å². The van der Waals surface area contributed by atoms with Crippen molar-refractivity contribution in [2.75, 3.05) is 5.32 Å². The third kappa shape index (κ3) is 2.72. The number of rotatable bonds is 2. The van der Waals surface area contributed by atoms with Crippen LogP contribution in [0.2, 0.25) is 5.02 Å². The number of hydrogen-bond donors (Lipinski definition) is 1. The van der Waals surface area contributed by atoms with Gasteiger partial charge in [-0.3, -0.25) is 0 Å². The molecule has 0 spiro atoms. The van der Waals surface area contributed by atoms with Gasteiger partial charge >= 0.3 is 0 Å². The zero-order valence-corrected chi connectivity index (χ0v) is 12.0. The highest BCUT2D eigenvalue weighted by molar-refractivity contribution is 9.11. The summed E-state index contributed by atoms with van der Waals surface area (Å²) in [6.07, 6.45) is 0. The summed E-state index contributed by atoms with van der Waals surface area (Å²) in [5.41, 5.74) is 0.907. The number of aromatic nitrogens is 1. The molecule has 0 radical (unpaired) electrons. The van der Waals surface area contributed by atoms with Crippen LogP contribution in [0.4, 0.5) is 10.8 Å². The van der Waals surface area contributed by atoms with Crippen LogP contribution in [0.5, 0.6) is 0 Å². The van der Waals surface area contributed by atoms with Gasteiger partial charge in [-0.15, -0.1) is 11.3 Å². The summed E-state index contributed by atoms with van der Waals surface area (Å²) < 4.78 is 1.67. The molecule has 1 aromatic heterocycles. The van der Waals surface area contributed by atoms with E-state index in [0.29, 0.717) is 5.02 Å². The Balaban J connectivity index is 2.28. The Bertz CT molecular complexity index is 487. The lowest BCUT2D eigenvalue weighted by Crippen LogP contribution is -1.90. The highest BCUT2D eigenvalue weighted by atomic mass is 79.9. The summed E-state index contributed by atoms with van der Waals surface area (Å²) in [6, 6.07) is 5.65. The molecule has 0 atom stereocenters. The van der Waals surface area contributed by atoms with Crippen LogP contribution >= 0.6 is 54.8 Å². The average molecular weight is 368 g/mol. The zero-order valence-electron chi connectivity index (χ0n) is 7.30. The van der Waals surface area contributed by atoms with E-state index in [2.05, 4.69) is 42.2 Å². The summed E-state index contributed by atoms with van der Waals surface area (Å²) in [6.45, 7) is 0. The molecule has 0 unspecified atom stereocenters. The third-order valence-electron chi connectivity index (χ3n) is 1.67. The van der Waals surface area contributed by atoms with E-state index in [0.717, 1.165) is 19.9 Å². The maximum atomic E-state index is 5.97. The Labute approximate surface area is 113 Å². The predicted octanol–water partition coefficient (Wildman–Crippen LogP) is 5.07. The van der Waals surface area contributed by atoms with Gasteiger partial charge in [0, 0.05) is 5.38 Å². The summed E-state index contributed by atoms with van der Waals surface area (Å²) in [7, 11) is 0. The number of benzene rings is 1. The van der Waals surface area contributed by atoms with Crippen molar-refractivity contribution in [3.05, 3.63) is 37.7 Å². The van der Waals surface area contributed by atoms with Crippen LogP contribution in [-0.4, -0.2) is 4.98 Å². The van der Waals surface area contributed by atoms with Crippen molar-refractivity contribution in [3.8, 4) is 0 Å². The van der Waals surface area contributed by atoms with Crippen molar-refractivity contribution in [2.24, 2.45) is 0 Å². The van der Waals surface area contributed by atoms with Gasteiger partial charge in [0.05, 0.1) is 15.2 Å². The van der Waals surface area contributed by atoms with Gasteiger partial charge in [0.25, 0.3) is 0 Å². The molecular weight excluding hydrogens is 363 g/mol. The van der Waals surface area contributed by atoms with Crippen LogP contribution < -0.4 is 5.32 Å². The fourth-order valence-corrected chi connectivity index (χ4v) is 2.72. The van der Waals surface area contributed by atoms with Crippen molar-refractivity contribution < 1.29 is 0 Å². The SMILES string of the molecule is Clc1cccc(Nc2nc(Br)cs2)c1Br. The molecule has 0 bridgehead atoms. The highest BCUT2D eigenvalue weighted by Crippen LogP contribution is 2.33. The quantitative estimate of drug-likeness (QED) is 0.801. The first-order valence-electron chi connectivity index (χ1n) is 3.99. The average Bonchev–Trinajstić information content (AvgIpc) is 2.59. The van der Waals surface area contributed by atoms with Gasteiger partial charge in [-0.05, 0) is 44.0 Å². The molecule has 0 amide bonds. The van der Waals surface area contributed by atoms with Crippen LogP contribution in [0.15, 0.2) is 32.7 Å². The molecule has 2 aromatic rings. The number of anilines is 2. The monoisotopic (exact) mass is 366 g/mol. The van der Waals surface area contributed by atoms with Gasteiger partial charge in [-0.2, -0.15) is 0 Å². The lowest BCUT2D eigenvalue weighted by atomic mass is 10.3. The topological polar surface area (TPSA) is 24.9 Å². The minimum atomic E-state index is 0.677. The minimum Gasteiger partial charge on any atom is -0.331 e. The molecule has 2 nitrogen and oxygen atoms in total. The normalized spacial score (nSPS) is 10.3. The first-order chi connectivity index (χ1) is 7.16. The molecule has 78 valence electrons. The lowest BCUT2D eigenvalue weighted by molar-refractivity contribution is 1.34. The van der Waals surface area contributed by atoms with Crippen LogP contribution in [0.3, 0.4) is 0 Å². The van der Waals surface area contributed by atoms with Crippen molar-refractivity contribution in [1.82, 2.24) is 4.98 Å². The summed E-state index contributed by atoms with van der Waals surface area (Å²) in [5.74, 6) is 0. The summed E-state index contributed by atoms with van der Waals surface area (Å²) in [5, 5.41) is 6.60. The molecule has 2 rings (SSSR count). The Morgan fingerprint density at radius 2 is 2.13 bits per heavy atom. The van der Waals surface area contributed by atoms with Crippen molar-refractivity contribution >= 4 is 65.6 Å². The molecule has 0 saturated heterocycles. The second-order valence-electron chi connectivity index (χ2n) is 2.70. The second kappa shape index (κ2) is 4.82. The van der Waals surface area contributed by atoms with Gasteiger partial charge in [0.15, 0.2) is 5.13 Å². The van der Waals surface area contributed by atoms with Gasteiger partial charge in [0.2, 0.25) is 0 Å². The molecule has 0 aliphatic heterocycles. The van der Waals surface area contributed by atoms with E-state index >= 15 is 0 Å². The fraction of sp³-hybridized carbons (Fsp3) is 0. The molecule has 0 aliphatic carbocycles. The number of nitrogens with zero attached hydrogens (tertiary/aromatic N) is 1. The number of halogens is 3.